The number of nitrogens with zero attached hydrogens (tertiary/aromatic N) is 1. The van der Waals surface area contributed by atoms with Gasteiger partial charge in [-0.1, -0.05) is 31.2 Å². The summed E-state index contributed by atoms with van der Waals surface area (Å²) in [5.41, 5.74) is 3.56. The van der Waals surface area contributed by atoms with Crippen LogP contribution in [0.2, 0.25) is 0 Å². The Bertz CT molecular complexity index is 1050. The number of carbonyl (C=O) groups is 2. The van der Waals surface area contributed by atoms with Crippen LogP contribution in [0.25, 0.3) is 5.76 Å². The lowest BCUT2D eigenvalue weighted by molar-refractivity contribution is -0.140. The average Bonchev–Trinajstić information content (AvgIpc) is 3.36. The molecule has 6 heteroatoms. The Balaban J connectivity index is 1.77. The summed E-state index contributed by atoms with van der Waals surface area (Å²) in [6.07, 6.45) is 1.65. The van der Waals surface area contributed by atoms with E-state index in [9.17, 15) is 14.7 Å². The summed E-state index contributed by atoms with van der Waals surface area (Å²) in [4.78, 5) is 27.6. The van der Waals surface area contributed by atoms with Crippen molar-refractivity contribution in [1.29, 1.82) is 0 Å². The molecule has 1 amide bonds. The summed E-state index contributed by atoms with van der Waals surface area (Å²) in [7, 11) is 0. The molecular formula is C26H29NO5. The lowest BCUT2D eigenvalue weighted by Gasteiger charge is -2.26. The number of likely N-dealkylation sites (tertiary alicyclic amines) is 1. The molecule has 0 aromatic heterocycles. The normalized spacial score (nSPS) is 19.5. The van der Waals surface area contributed by atoms with Gasteiger partial charge >= 0.3 is 0 Å². The zero-order valence-electron chi connectivity index (χ0n) is 18.8. The number of fused-ring (bicyclic) bond motifs is 1. The Morgan fingerprint density at radius 1 is 1.19 bits per heavy atom. The van der Waals surface area contributed by atoms with Gasteiger partial charge in [-0.05, 0) is 55.2 Å². The molecule has 0 radical (unpaired) electrons. The fourth-order valence-corrected chi connectivity index (χ4v) is 4.27. The smallest absolute Gasteiger partial charge is 0.295 e. The van der Waals surface area contributed by atoms with Crippen LogP contribution in [0, 0.1) is 0 Å². The summed E-state index contributed by atoms with van der Waals surface area (Å²) in [5, 5.41) is 11.2. The maximum absolute atomic E-state index is 13.1. The first-order chi connectivity index (χ1) is 15.4. The van der Waals surface area contributed by atoms with Crippen molar-refractivity contribution in [2.45, 2.75) is 45.8 Å². The van der Waals surface area contributed by atoms with E-state index in [0.717, 1.165) is 35.3 Å². The highest BCUT2D eigenvalue weighted by Gasteiger charge is 2.46. The van der Waals surface area contributed by atoms with Crippen LogP contribution in [0.5, 0.6) is 5.75 Å². The van der Waals surface area contributed by atoms with Crippen LogP contribution in [0.3, 0.4) is 0 Å². The van der Waals surface area contributed by atoms with Crippen molar-refractivity contribution in [3.05, 3.63) is 70.3 Å². The first-order valence-corrected chi connectivity index (χ1v) is 11.2. The molecule has 0 bridgehead atoms. The molecule has 1 saturated heterocycles. The number of ether oxygens (including phenoxy) is 2. The minimum atomic E-state index is -0.673. The molecule has 6 nitrogen and oxygen atoms in total. The average molecular weight is 436 g/mol. The van der Waals surface area contributed by atoms with Gasteiger partial charge < -0.3 is 19.5 Å². The molecule has 4 rings (SSSR count). The number of aliphatic hydroxyl groups is 1. The molecule has 168 valence electrons. The first-order valence-electron chi connectivity index (χ1n) is 11.2. The van der Waals surface area contributed by atoms with Crippen molar-refractivity contribution in [3.63, 3.8) is 0 Å². The number of aryl methyl sites for hydroxylation is 1. The topological polar surface area (TPSA) is 76.1 Å². The molecule has 0 saturated carbocycles. The van der Waals surface area contributed by atoms with Gasteiger partial charge in [0.2, 0.25) is 0 Å². The molecule has 2 aromatic rings. The van der Waals surface area contributed by atoms with Crippen LogP contribution in [-0.4, -0.2) is 47.6 Å². The maximum atomic E-state index is 13.1. The maximum Gasteiger partial charge on any atom is 0.295 e. The van der Waals surface area contributed by atoms with Gasteiger partial charge in [0.25, 0.3) is 11.7 Å². The monoisotopic (exact) mass is 435 g/mol. The van der Waals surface area contributed by atoms with Crippen LogP contribution in [-0.2, 0) is 27.2 Å². The zero-order chi connectivity index (χ0) is 22.8. The largest absolute Gasteiger partial charge is 0.507 e. The standard InChI is InChI=1S/C26H29NO5/c1-4-17-5-7-18(8-6-17)23-22(25(29)26(30)27(23)12-14-31-16(2)3)24(28)20-9-10-21-19(15-20)11-13-32-21/h5-10,15-16,23,28H,4,11-14H2,1-3H3/b24-22-. The number of amides is 1. The highest BCUT2D eigenvalue weighted by Crippen LogP contribution is 2.40. The first kappa shape index (κ1) is 22.1. The molecule has 1 N–H and O–H groups in total. The van der Waals surface area contributed by atoms with Gasteiger partial charge in [0.05, 0.1) is 30.9 Å². The molecule has 1 unspecified atom stereocenters. The van der Waals surface area contributed by atoms with E-state index in [1.165, 1.54) is 4.90 Å². The second-order valence-corrected chi connectivity index (χ2v) is 8.43. The molecule has 32 heavy (non-hydrogen) atoms. The quantitative estimate of drug-likeness (QED) is 0.404. The van der Waals surface area contributed by atoms with E-state index in [1.54, 1.807) is 12.1 Å². The number of carbonyl (C=O) groups excluding carboxylic acids is 2. The van der Waals surface area contributed by atoms with E-state index in [2.05, 4.69) is 6.92 Å². The molecule has 2 aromatic carbocycles. The van der Waals surface area contributed by atoms with Crippen molar-refractivity contribution in [2.24, 2.45) is 0 Å². The van der Waals surface area contributed by atoms with E-state index in [4.69, 9.17) is 9.47 Å². The van der Waals surface area contributed by atoms with Crippen molar-refractivity contribution in [3.8, 4) is 5.75 Å². The van der Waals surface area contributed by atoms with Gasteiger partial charge in [-0.25, -0.2) is 0 Å². The summed E-state index contributed by atoms with van der Waals surface area (Å²) in [6, 6.07) is 12.5. The van der Waals surface area contributed by atoms with Gasteiger partial charge in [-0.15, -0.1) is 0 Å². The van der Waals surface area contributed by atoms with E-state index in [0.29, 0.717) is 18.8 Å². The third-order valence-corrected chi connectivity index (χ3v) is 5.99. The number of aliphatic hydroxyl groups excluding tert-OH is 1. The van der Waals surface area contributed by atoms with Gasteiger partial charge in [0, 0.05) is 18.5 Å². The molecule has 2 aliphatic heterocycles. The lowest BCUT2D eigenvalue weighted by Crippen LogP contribution is -2.33. The van der Waals surface area contributed by atoms with E-state index in [1.807, 2.05) is 44.2 Å². The number of Topliss-reactive ketones (excluding diaryl/α,β-unsaturated/α-hetero) is 1. The van der Waals surface area contributed by atoms with Gasteiger partial charge in [0.15, 0.2) is 0 Å². The van der Waals surface area contributed by atoms with Crippen LogP contribution in [0.4, 0.5) is 0 Å². The number of benzene rings is 2. The molecule has 2 heterocycles. The second kappa shape index (κ2) is 9.17. The molecule has 2 aliphatic rings. The highest BCUT2D eigenvalue weighted by atomic mass is 16.5. The summed E-state index contributed by atoms with van der Waals surface area (Å²) in [6.45, 7) is 7.09. The Morgan fingerprint density at radius 2 is 1.94 bits per heavy atom. The van der Waals surface area contributed by atoms with Crippen LogP contribution in [0.1, 0.15) is 49.1 Å². The fourth-order valence-electron chi connectivity index (χ4n) is 4.27. The van der Waals surface area contributed by atoms with Crippen molar-refractivity contribution < 1.29 is 24.2 Å². The highest BCUT2D eigenvalue weighted by molar-refractivity contribution is 6.46. The number of hydrogen-bond acceptors (Lipinski definition) is 5. The van der Waals surface area contributed by atoms with E-state index in [-0.39, 0.29) is 24.0 Å². The summed E-state index contributed by atoms with van der Waals surface area (Å²) < 4.78 is 11.2. The molecule has 1 fully saturated rings. The number of ketones is 1. The van der Waals surface area contributed by atoms with Crippen molar-refractivity contribution in [2.75, 3.05) is 19.8 Å². The Kier molecular flexibility index (Phi) is 6.33. The van der Waals surface area contributed by atoms with Gasteiger partial charge in [-0.3, -0.25) is 9.59 Å². The Hall–Kier alpha value is -3.12. The number of hydrogen-bond donors (Lipinski definition) is 1. The molecule has 1 atom stereocenters. The Labute approximate surface area is 188 Å². The molecule has 0 aliphatic carbocycles. The zero-order valence-corrected chi connectivity index (χ0v) is 18.8. The molecule has 0 spiro atoms. The predicted octanol–water partition coefficient (Wildman–Crippen LogP) is 4.03. The van der Waals surface area contributed by atoms with E-state index >= 15 is 0 Å². The van der Waals surface area contributed by atoms with Gasteiger partial charge in [0.1, 0.15) is 11.5 Å². The summed E-state index contributed by atoms with van der Waals surface area (Å²) in [5.74, 6) is -0.657. The van der Waals surface area contributed by atoms with Crippen molar-refractivity contribution in [1.82, 2.24) is 4.90 Å². The predicted molar refractivity (Wildman–Crippen MR) is 122 cm³/mol. The third-order valence-electron chi connectivity index (χ3n) is 5.99. The van der Waals surface area contributed by atoms with Gasteiger partial charge in [-0.2, -0.15) is 0 Å². The Morgan fingerprint density at radius 3 is 2.62 bits per heavy atom. The minimum absolute atomic E-state index is 0.0164. The molecular weight excluding hydrogens is 406 g/mol. The SMILES string of the molecule is CCc1ccc(C2/C(=C(/O)c3ccc4c(c3)CCO4)C(=O)C(=O)N2CCOC(C)C)cc1. The second-order valence-electron chi connectivity index (χ2n) is 8.43. The summed E-state index contributed by atoms with van der Waals surface area (Å²) >= 11 is 0. The van der Waals surface area contributed by atoms with E-state index < -0.39 is 17.7 Å². The van der Waals surface area contributed by atoms with Crippen LogP contribution >= 0.6 is 0 Å². The van der Waals surface area contributed by atoms with Crippen molar-refractivity contribution >= 4 is 17.4 Å². The number of rotatable bonds is 7. The fraction of sp³-hybridized carbons (Fsp3) is 0.385. The third kappa shape index (κ3) is 4.15. The van der Waals surface area contributed by atoms with Crippen LogP contribution < -0.4 is 4.74 Å². The van der Waals surface area contributed by atoms with Crippen LogP contribution in [0.15, 0.2) is 48.0 Å². The lowest BCUT2D eigenvalue weighted by atomic mass is 9.94. The minimum Gasteiger partial charge on any atom is -0.507 e.